The van der Waals surface area contributed by atoms with Crippen molar-refractivity contribution < 1.29 is 8.78 Å². The van der Waals surface area contributed by atoms with Gasteiger partial charge in [-0.25, -0.2) is 8.78 Å². The van der Waals surface area contributed by atoms with Crippen LogP contribution in [-0.2, 0) is 0 Å². The highest BCUT2D eigenvalue weighted by molar-refractivity contribution is 5.08. The Morgan fingerprint density at radius 2 is 1.80 bits per heavy atom. The molecule has 15 heavy (non-hydrogen) atoms. The van der Waals surface area contributed by atoms with E-state index >= 15 is 0 Å². The zero-order valence-electron chi connectivity index (χ0n) is 10.5. The van der Waals surface area contributed by atoms with Crippen LogP contribution in [0.4, 0.5) is 8.78 Å². The first kappa shape index (κ1) is 14.4. The highest BCUT2D eigenvalue weighted by atomic mass is 19.3. The molecular formula is C12H23F2N. The molecule has 90 valence electrons. The lowest BCUT2D eigenvalue weighted by Crippen LogP contribution is -2.35. The summed E-state index contributed by atoms with van der Waals surface area (Å²) in [7, 11) is 0. The topological polar surface area (TPSA) is 3.24 Å². The molecule has 2 atom stereocenters. The molecule has 0 radical (unpaired) electrons. The van der Waals surface area contributed by atoms with Gasteiger partial charge in [-0.1, -0.05) is 27.4 Å². The van der Waals surface area contributed by atoms with Crippen LogP contribution in [-0.4, -0.2) is 23.4 Å². The molecule has 1 aliphatic rings. The molecule has 0 bridgehead atoms. The van der Waals surface area contributed by atoms with Crippen molar-refractivity contribution in [3.63, 3.8) is 0 Å². The lowest BCUT2D eigenvalue weighted by molar-refractivity contribution is 0.0278. The van der Waals surface area contributed by atoms with Gasteiger partial charge in [-0.05, 0) is 19.3 Å². The third-order valence-corrected chi connectivity index (χ3v) is 2.99. The standard InChI is InChI=1S/C10H17F2N.C2H6/c1-7-5-6-13(8(7)2)9(3)10(4,11)12;1-2/h7-8H,3,5-6H2,1-2,4H3;1-2H3. The van der Waals surface area contributed by atoms with Gasteiger partial charge in [0.25, 0.3) is 5.92 Å². The predicted octanol–water partition coefficient (Wildman–Crippen LogP) is 3.91. The van der Waals surface area contributed by atoms with Gasteiger partial charge in [0.15, 0.2) is 0 Å². The highest BCUT2D eigenvalue weighted by Crippen LogP contribution is 2.33. The number of allylic oxidation sites excluding steroid dienone is 1. The largest absolute Gasteiger partial charge is 0.367 e. The second-order valence-corrected chi connectivity index (χ2v) is 4.04. The predicted molar refractivity (Wildman–Crippen MR) is 61.1 cm³/mol. The van der Waals surface area contributed by atoms with Crippen LogP contribution >= 0.6 is 0 Å². The summed E-state index contributed by atoms with van der Waals surface area (Å²) in [6, 6.07) is 0.193. The van der Waals surface area contributed by atoms with Gasteiger partial charge in [0.1, 0.15) is 0 Å². The van der Waals surface area contributed by atoms with Crippen molar-refractivity contribution in [2.45, 2.75) is 53.0 Å². The zero-order chi connectivity index (χ0) is 12.2. The summed E-state index contributed by atoms with van der Waals surface area (Å²) in [4.78, 5) is 1.73. The van der Waals surface area contributed by atoms with Gasteiger partial charge in [-0.15, -0.1) is 0 Å². The molecule has 1 heterocycles. The van der Waals surface area contributed by atoms with E-state index in [-0.39, 0.29) is 11.7 Å². The maximum absolute atomic E-state index is 12.9. The van der Waals surface area contributed by atoms with Crippen molar-refractivity contribution in [3.8, 4) is 0 Å². The summed E-state index contributed by atoms with van der Waals surface area (Å²) in [5.74, 6) is -2.29. The van der Waals surface area contributed by atoms with Gasteiger partial charge in [-0.3, -0.25) is 0 Å². The van der Waals surface area contributed by atoms with Crippen molar-refractivity contribution in [2.75, 3.05) is 6.54 Å². The van der Waals surface area contributed by atoms with Gasteiger partial charge >= 0.3 is 0 Å². The normalized spacial score (nSPS) is 25.9. The SMILES string of the molecule is C=C(N1CCC(C)C1C)C(C)(F)F.CC. The number of halogens is 2. The first-order valence-electron chi connectivity index (χ1n) is 5.68. The van der Waals surface area contributed by atoms with E-state index in [1.807, 2.05) is 20.8 Å². The fraction of sp³-hybridized carbons (Fsp3) is 0.833. The van der Waals surface area contributed by atoms with Crippen LogP contribution in [0.2, 0.25) is 0 Å². The zero-order valence-corrected chi connectivity index (χ0v) is 10.5. The van der Waals surface area contributed by atoms with E-state index in [4.69, 9.17) is 0 Å². The Morgan fingerprint density at radius 3 is 2.07 bits per heavy atom. The van der Waals surface area contributed by atoms with Crippen LogP contribution in [0.3, 0.4) is 0 Å². The van der Waals surface area contributed by atoms with Crippen LogP contribution in [0.25, 0.3) is 0 Å². The maximum atomic E-state index is 12.9. The Bertz CT molecular complexity index is 208. The number of alkyl halides is 2. The fourth-order valence-electron chi connectivity index (χ4n) is 1.73. The number of rotatable bonds is 2. The molecule has 1 saturated heterocycles. The Balaban J connectivity index is 0.000000921. The van der Waals surface area contributed by atoms with Crippen LogP contribution in [0.15, 0.2) is 12.3 Å². The average molecular weight is 219 g/mol. The van der Waals surface area contributed by atoms with E-state index in [9.17, 15) is 8.78 Å². The van der Waals surface area contributed by atoms with Crippen LogP contribution < -0.4 is 0 Å². The molecule has 0 aromatic carbocycles. The van der Waals surface area contributed by atoms with Crippen LogP contribution in [0, 0.1) is 5.92 Å². The molecule has 0 spiro atoms. The Hall–Kier alpha value is -0.600. The van der Waals surface area contributed by atoms with Crippen LogP contribution in [0.5, 0.6) is 0 Å². The average Bonchev–Trinajstić information content (AvgIpc) is 2.48. The van der Waals surface area contributed by atoms with E-state index in [1.54, 1.807) is 4.90 Å². The van der Waals surface area contributed by atoms with E-state index in [0.29, 0.717) is 12.5 Å². The maximum Gasteiger partial charge on any atom is 0.284 e. The molecule has 0 aromatic heterocycles. The fourth-order valence-corrected chi connectivity index (χ4v) is 1.73. The van der Waals surface area contributed by atoms with Gasteiger partial charge in [-0.2, -0.15) is 0 Å². The molecule has 0 N–H and O–H groups in total. The molecular weight excluding hydrogens is 196 g/mol. The van der Waals surface area contributed by atoms with Crippen molar-refractivity contribution in [1.82, 2.24) is 4.90 Å². The molecule has 2 unspecified atom stereocenters. The van der Waals surface area contributed by atoms with Gasteiger partial charge in [0.05, 0.1) is 5.70 Å². The Kier molecular flexibility index (Phi) is 5.26. The van der Waals surface area contributed by atoms with E-state index in [2.05, 4.69) is 13.5 Å². The van der Waals surface area contributed by atoms with Gasteiger partial charge in [0, 0.05) is 19.5 Å². The number of nitrogens with zero attached hydrogens (tertiary/aromatic N) is 1. The quantitative estimate of drug-likeness (QED) is 0.680. The van der Waals surface area contributed by atoms with Crippen molar-refractivity contribution in [2.24, 2.45) is 5.92 Å². The smallest absolute Gasteiger partial charge is 0.284 e. The minimum absolute atomic E-state index is 0.0376. The number of hydrogen-bond acceptors (Lipinski definition) is 1. The van der Waals surface area contributed by atoms with Crippen molar-refractivity contribution in [3.05, 3.63) is 12.3 Å². The molecule has 1 aliphatic heterocycles. The third kappa shape index (κ3) is 3.47. The first-order chi connectivity index (χ1) is 6.84. The minimum Gasteiger partial charge on any atom is -0.367 e. The molecule has 0 aliphatic carbocycles. The number of likely N-dealkylation sites (tertiary alicyclic amines) is 1. The Labute approximate surface area is 92.2 Å². The highest BCUT2D eigenvalue weighted by Gasteiger charge is 2.36. The van der Waals surface area contributed by atoms with Gasteiger partial charge in [0.2, 0.25) is 0 Å². The monoisotopic (exact) mass is 219 g/mol. The van der Waals surface area contributed by atoms with E-state index in [0.717, 1.165) is 13.3 Å². The molecule has 0 aromatic rings. The second kappa shape index (κ2) is 5.47. The minimum atomic E-state index is -2.78. The van der Waals surface area contributed by atoms with Gasteiger partial charge < -0.3 is 4.90 Å². The molecule has 0 amide bonds. The summed E-state index contributed by atoms with van der Waals surface area (Å²) in [6.45, 7) is 13.2. The summed E-state index contributed by atoms with van der Waals surface area (Å²) in [5.41, 5.74) is -0.0376. The lowest BCUT2D eigenvalue weighted by Gasteiger charge is -2.30. The van der Waals surface area contributed by atoms with Crippen molar-refractivity contribution >= 4 is 0 Å². The third-order valence-electron chi connectivity index (χ3n) is 2.99. The summed E-state index contributed by atoms with van der Waals surface area (Å²) in [5, 5.41) is 0. The molecule has 3 heteroatoms. The van der Waals surface area contributed by atoms with E-state index in [1.165, 1.54) is 0 Å². The van der Waals surface area contributed by atoms with Crippen LogP contribution in [0.1, 0.15) is 41.0 Å². The summed E-state index contributed by atoms with van der Waals surface area (Å²) in [6.07, 6.45) is 0.982. The Morgan fingerprint density at radius 1 is 1.33 bits per heavy atom. The lowest BCUT2D eigenvalue weighted by atomic mass is 10.0. The molecule has 1 fully saturated rings. The van der Waals surface area contributed by atoms with Crippen molar-refractivity contribution in [1.29, 1.82) is 0 Å². The molecule has 1 nitrogen and oxygen atoms in total. The van der Waals surface area contributed by atoms with E-state index < -0.39 is 5.92 Å². The molecule has 0 saturated carbocycles. The summed E-state index contributed by atoms with van der Waals surface area (Å²) < 4.78 is 25.9. The first-order valence-corrected chi connectivity index (χ1v) is 5.68. The molecule has 1 rings (SSSR count). The second-order valence-electron chi connectivity index (χ2n) is 4.04. The number of hydrogen-bond donors (Lipinski definition) is 0. The summed E-state index contributed by atoms with van der Waals surface area (Å²) >= 11 is 0.